The summed E-state index contributed by atoms with van der Waals surface area (Å²) in [5.41, 5.74) is 6.47. The molecule has 2 saturated heterocycles. The van der Waals surface area contributed by atoms with Crippen molar-refractivity contribution in [3.05, 3.63) is 0 Å². The van der Waals surface area contributed by atoms with Crippen LogP contribution in [0.15, 0.2) is 0 Å². The van der Waals surface area contributed by atoms with Crippen LogP contribution in [0.25, 0.3) is 0 Å². The minimum Gasteiger partial charge on any atom is -0.329 e. The Balaban J connectivity index is 2.03. The van der Waals surface area contributed by atoms with Crippen LogP contribution in [0.5, 0.6) is 0 Å². The zero-order valence-electron chi connectivity index (χ0n) is 11.6. The number of hydrogen-bond donors (Lipinski definition) is 1. The lowest BCUT2D eigenvalue weighted by molar-refractivity contribution is 0.101. The molecule has 0 aliphatic carbocycles. The van der Waals surface area contributed by atoms with Crippen LogP contribution in [0.4, 0.5) is 0 Å². The summed E-state index contributed by atoms with van der Waals surface area (Å²) in [6, 6.07) is 0. The van der Waals surface area contributed by atoms with Gasteiger partial charge in [-0.05, 0) is 58.3 Å². The average Bonchev–Trinajstić information content (AvgIpc) is 2.75. The lowest BCUT2D eigenvalue weighted by atomic mass is 9.88. The fraction of sp³-hybridized carbons (Fsp3) is 1.00. The van der Waals surface area contributed by atoms with Gasteiger partial charge in [0.2, 0.25) is 0 Å². The molecule has 0 bridgehead atoms. The molecular weight excluding hydrogens is 210 g/mol. The number of hydrogen-bond acceptors (Lipinski definition) is 3. The minimum atomic E-state index is 0.314. The number of rotatable bonds is 3. The smallest absolute Gasteiger partial charge is 0.0344 e. The first-order valence-electron chi connectivity index (χ1n) is 7.34. The Labute approximate surface area is 106 Å². The number of likely N-dealkylation sites (tertiary alicyclic amines) is 2. The fourth-order valence-electron chi connectivity index (χ4n) is 3.56. The standard InChI is InChI=1S/C14H29N3/c1-3-13-5-9-17(11-13)14(12-15)6-4-8-16(2)10-7-14/h13H,3-12,15H2,1-2H3. The molecule has 0 aromatic heterocycles. The van der Waals surface area contributed by atoms with Crippen LogP contribution < -0.4 is 5.73 Å². The van der Waals surface area contributed by atoms with Crippen molar-refractivity contribution >= 4 is 0 Å². The maximum Gasteiger partial charge on any atom is 0.0344 e. The quantitative estimate of drug-likeness (QED) is 0.811. The van der Waals surface area contributed by atoms with Crippen LogP contribution in [0.2, 0.25) is 0 Å². The van der Waals surface area contributed by atoms with Crippen LogP contribution >= 0.6 is 0 Å². The maximum atomic E-state index is 6.16. The van der Waals surface area contributed by atoms with Crippen LogP contribution in [0, 0.1) is 5.92 Å². The molecule has 2 aliphatic rings. The van der Waals surface area contributed by atoms with Crippen LogP contribution in [-0.4, -0.2) is 55.1 Å². The van der Waals surface area contributed by atoms with E-state index in [0.29, 0.717) is 5.54 Å². The zero-order chi connectivity index (χ0) is 12.3. The third-order valence-electron chi connectivity index (χ3n) is 5.05. The number of nitrogens with two attached hydrogens (primary N) is 1. The minimum absolute atomic E-state index is 0.314. The molecule has 17 heavy (non-hydrogen) atoms. The molecule has 0 radical (unpaired) electrons. The molecule has 0 aromatic rings. The second kappa shape index (κ2) is 5.68. The molecule has 2 N–H and O–H groups in total. The van der Waals surface area contributed by atoms with E-state index in [4.69, 9.17) is 5.73 Å². The highest BCUT2D eigenvalue weighted by Gasteiger charge is 2.39. The van der Waals surface area contributed by atoms with Gasteiger partial charge < -0.3 is 10.6 Å². The van der Waals surface area contributed by atoms with Crippen LogP contribution in [0.1, 0.15) is 39.0 Å². The van der Waals surface area contributed by atoms with E-state index in [2.05, 4.69) is 23.8 Å². The Morgan fingerprint density at radius 2 is 2.06 bits per heavy atom. The summed E-state index contributed by atoms with van der Waals surface area (Å²) in [5, 5.41) is 0. The summed E-state index contributed by atoms with van der Waals surface area (Å²) in [6.07, 6.45) is 6.58. The molecular formula is C14H29N3. The van der Waals surface area contributed by atoms with Gasteiger partial charge in [0.1, 0.15) is 0 Å². The lowest BCUT2D eigenvalue weighted by Crippen LogP contribution is -2.53. The van der Waals surface area contributed by atoms with Gasteiger partial charge in [0, 0.05) is 18.6 Å². The third-order valence-corrected chi connectivity index (χ3v) is 5.05. The normalized spacial score (nSPS) is 37.2. The highest BCUT2D eigenvalue weighted by molar-refractivity contribution is 4.97. The molecule has 2 rings (SSSR count). The summed E-state index contributed by atoms with van der Waals surface area (Å²) in [5.74, 6) is 0.916. The van der Waals surface area contributed by atoms with Gasteiger partial charge in [-0.1, -0.05) is 13.3 Å². The summed E-state index contributed by atoms with van der Waals surface area (Å²) in [6.45, 7) is 8.19. The second-order valence-corrected chi connectivity index (χ2v) is 6.09. The van der Waals surface area contributed by atoms with Gasteiger partial charge in [0.25, 0.3) is 0 Å². The molecule has 2 aliphatic heterocycles. The monoisotopic (exact) mass is 239 g/mol. The van der Waals surface area contributed by atoms with Gasteiger partial charge in [0.15, 0.2) is 0 Å². The highest BCUT2D eigenvalue weighted by Crippen LogP contribution is 2.33. The summed E-state index contributed by atoms with van der Waals surface area (Å²) < 4.78 is 0. The summed E-state index contributed by atoms with van der Waals surface area (Å²) >= 11 is 0. The highest BCUT2D eigenvalue weighted by atomic mass is 15.2. The summed E-state index contributed by atoms with van der Waals surface area (Å²) in [7, 11) is 2.24. The van der Waals surface area contributed by atoms with E-state index in [1.54, 1.807) is 0 Å². The van der Waals surface area contributed by atoms with Gasteiger partial charge in [-0.2, -0.15) is 0 Å². The van der Waals surface area contributed by atoms with Gasteiger partial charge in [0.05, 0.1) is 0 Å². The molecule has 100 valence electrons. The average molecular weight is 239 g/mol. The molecule has 3 heteroatoms. The molecule has 2 atom stereocenters. The SMILES string of the molecule is CCC1CCN(C2(CN)CCCN(C)CC2)C1. The first kappa shape index (κ1) is 13.3. The van der Waals surface area contributed by atoms with Crippen LogP contribution in [-0.2, 0) is 0 Å². The second-order valence-electron chi connectivity index (χ2n) is 6.09. The largest absolute Gasteiger partial charge is 0.329 e. The Morgan fingerprint density at radius 1 is 1.24 bits per heavy atom. The fourth-order valence-corrected chi connectivity index (χ4v) is 3.56. The number of nitrogens with zero attached hydrogens (tertiary/aromatic N) is 2. The predicted molar refractivity (Wildman–Crippen MR) is 73.1 cm³/mol. The van der Waals surface area contributed by atoms with Crippen molar-refractivity contribution in [1.82, 2.24) is 9.80 Å². The van der Waals surface area contributed by atoms with Crippen LogP contribution in [0.3, 0.4) is 0 Å². The molecule has 3 nitrogen and oxygen atoms in total. The van der Waals surface area contributed by atoms with Crippen molar-refractivity contribution in [3.63, 3.8) is 0 Å². The van der Waals surface area contributed by atoms with Crippen molar-refractivity contribution in [3.8, 4) is 0 Å². The van der Waals surface area contributed by atoms with Crippen molar-refractivity contribution in [2.75, 3.05) is 39.8 Å². The summed E-state index contributed by atoms with van der Waals surface area (Å²) in [4.78, 5) is 5.19. The van der Waals surface area contributed by atoms with E-state index in [1.807, 2.05) is 0 Å². The zero-order valence-corrected chi connectivity index (χ0v) is 11.6. The van der Waals surface area contributed by atoms with E-state index >= 15 is 0 Å². The molecule has 2 unspecified atom stereocenters. The Morgan fingerprint density at radius 3 is 2.71 bits per heavy atom. The molecule has 2 fully saturated rings. The molecule has 0 spiro atoms. The third kappa shape index (κ3) is 2.83. The van der Waals surface area contributed by atoms with E-state index in [0.717, 1.165) is 12.5 Å². The predicted octanol–water partition coefficient (Wildman–Crippen LogP) is 1.53. The van der Waals surface area contributed by atoms with Gasteiger partial charge in [-0.15, -0.1) is 0 Å². The van der Waals surface area contributed by atoms with Gasteiger partial charge in [-0.25, -0.2) is 0 Å². The maximum absolute atomic E-state index is 6.16. The molecule has 2 heterocycles. The van der Waals surface area contributed by atoms with Crippen molar-refractivity contribution in [2.45, 2.75) is 44.6 Å². The van der Waals surface area contributed by atoms with E-state index in [1.165, 1.54) is 58.3 Å². The molecule has 0 aromatic carbocycles. The molecule has 0 saturated carbocycles. The Hall–Kier alpha value is -0.120. The van der Waals surface area contributed by atoms with E-state index in [9.17, 15) is 0 Å². The lowest BCUT2D eigenvalue weighted by Gasteiger charge is -2.41. The van der Waals surface area contributed by atoms with Crippen molar-refractivity contribution in [1.29, 1.82) is 0 Å². The van der Waals surface area contributed by atoms with E-state index in [-0.39, 0.29) is 0 Å². The van der Waals surface area contributed by atoms with Crippen molar-refractivity contribution in [2.24, 2.45) is 11.7 Å². The van der Waals surface area contributed by atoms with Crippen molar-refractivity contribution < 1.29 is 0 Å². The first-order valence-corrected chi connectivity index (χ1v) is 7.34. The Bertz CT molecular complexity index is 244. The topological polar surface area (TPSA) is 32.5 Å². The van der Waals surface area contributed by atoms with Gasteiger partial charge >= 0.3 is 0 Å². The molecule has 0 amide bonds. The Kier molecular flexibility index (Phi) is 4.45. The first-order chi connectivity index (χ1) is 8.20. The van der Waals surface area contributed by atoms with E-state index < -0.39 is 0 Å². The van der Waals surface area contributed by atoms with Gasteiger partial charge in [-0.3, -0.25) is 4.90 Å².